The number of aromatic nitrogens is 2. The highest BCUT2D eigenvalue weighted by atomic mass is 19.4. The van der Waals surface area contributed by atoms with Gasteiger partial charge >= 0.3 is 6.18 Å². The van der Waals surface area contributed by atoms with Crippen LogP contribution >= 0.6 is 0 Å². The molecule has 1 fully saturated rings. The number of carbonyl (C=O) groups is 2. The molecule has 0 atom stereocenters. The van der Waals surface area contributed by atoms with Gasteiger partial charge in [-0.05, 0) is 60.2 Å². The maximum atomic E-state index is 14.1. The molecule has 8 nitrogen and oxygen atoms in total. The largest absolute Gasteiger partial charge is 0.459 e. The molecule has 4 heterocycles. The molecule has 216 valence electrons. The van der Waals surface area contributed by atoms with Crippen LogP contribution in [-0.4, -0.2) is 45.7 Å². The zero-order chi connectivity index (χ0) is 30.1. The molecule has 1 saturated heterocycles. The Bertz CT molecular complexity index is 1640. The van der Waals surface area contributed by atoms with Crippen molar-refractivity contribution in [3.63, 3.8) is 0 Å². The quantitative estimate of drug-likeness (QED) is 0.222. The summed E-state index contributed by atoms with van der Waals surface area (Å²) in [5.74, 6) is -3.48. The number of pyridine rings is 2. The van der Waals surface area contributed by atoms with Crippen molar-refractivity contribution in [2.75, 3.05) is 18.8 Å². The van der Waals surface area contributed by atoms with Gasteiger partial charge in [-0.1, -0.05) is 6.07 Å². The summed E-state index contributed by atoms with van der Waals surface area (Å²) in [6.45, 7) is -1.44. The first kappa shape index (κ1) is 28.5. The van der Waals surface area contributed by atoms with Crippen LogP contribution in [0, 0.1) is 0 Å². The van der Waals surface area contributed by atoms with E-state index >= 15 is 0 Å². The van der Waals surface area contributed by atoms with Crippen LogP contribution in [0.5, 0.6) is 0 Å². The van der Waals surface area contributed by atoms with Crippen LogP contribution < -0.4 is 11.1 Å². The Kier molecular flexibility index (Phi) is 7.50. The number of carbonyl (C=O) groups excluding carboxylic acids is 2. The monoisotopic (exact) mass is 583 g/mol. The maximum Gasteiger partial charge on any atom is 0.417 e. The SMILES string of the molecule is Nc1ccc(C=CC(=O)NCc2ccc(-c3ccc(-c4ccc(C(=O)N5CC(F)(F)C5)cn4)cc3C(F)(F)F)o2)cn1. The fraction of sp³-hybridized carbons (Fsp3) is 0.172. The van der Waals surface area contributed by atoms with Gasteiger partial charge in [0.2, 0.25) is 5.91 Å². The second-order valence-corrected chi connectivity index (χ2v) is 9.54. The van der Waals surface area contributed by atoms with Crippen molar-refractivity contribution in [1.82, 2.24) is 20.2 Å². The van der Waals surface area contributed by atoms with Gasteiger partial charge < -0.3 is 20.4 Å². The number of nitrogen functional groups attached to an aromatic ring is 1. The van der Waals surface area contributed by atoms with Gasteiger partial charge in [-0.3, -0.25) is 14.6 Å². The average molecular weight is 584 g/mol. The lowest BCUT2D eigenvalue weighted by molar-refractivity contribution is -0.137. The van der Waals surface area contributed by atoms with Gasteiger partial charge in [0.1, 0.15) is 17.3 Å². The van der Waals surface area contributed by atoms with E-state index in [0.29, 0.717) is 11.4 Å². The van der Waals surface area contributed by atoms with Crippen molar-refractivity contribution < 1.29 is 36.0 Å². The van der Waals surface area contributed by atoms with E-state index in [2.05, 4.69) is 15.3 Å². The zero-order valence-corrected chi connectivity index (χ0v) is 21.7. The highest BCUT2D eigenvalue weighted by molar-refractivity contribution is 5.95. The van der Waals surface area contributed by atoms with E-state index in [-0.39, 0.29) is 40.4 Å². The van der Waals surface area contributed by atoms with Gasteiger partial charge in [-0.2, -0.15) is 13.2 Å². The van der Waals surface area contributed by atoms with Crippen molar-refractivity contribution in [2.45, 2.75) is 18.6 Å². The Labute approximate surface area is 235 Å². The summed E-state index contributed by atoms with van der Waals surface area (Å²) in [6.07, 6.45) is 0.697. The Morgan fingerprint density at radius 2 is 1.81 bits per heavy atom. The van der Waals surface area contributed by atoms with Crippen LogP contribution in [0.25, 0.3) is 28.7 Å². The molecule has 42 heavy (non-hydrogen) atoms. The molecule has 13 heteroatoms. The molecule has 1 aliphatic heterocycles. The number of nitrogens with one attached hydrogen (secondary N) is 1. The van der Waals surface area contributed by atoms with E-state index in [1.807, 2.05) is 0 Å². The highest BCUT2D eigenvalue weighted by Gasteiger charge is 2.46. The number of nitrogens with zero attached hydrogens (tertiary/aromatic N) is 3. The van der Waals surface area contributed by atoms with Crippen LogP contribution in [0.3, 0.4) is 0 Å². The molecule has 1 aliphatic rings. The first-order chi connectivity index (χ1) is 19.9. The third kappa shape index (κ3) is 6.45. The van der Waals surface area contributed by atoms with Gasteiger partial charge in [0.15, 0.2) is 0 Å². The lowest BCUT2D eigenvalue weighted by atomic mass is 9.99. The highest BCUT2D eigenvalue weighted by Crippen LogP contribution is 2.40. The number of nitrogens with two attached hydrogens (primary N) is 1. The average Bonchev–Trinajstić information content (AvgIpc) is 3.42. The predicted molar refractivity (Wildman–Crippen MR) is 143 cm³/mol. The summed E-state index contributed by atoms with van der Waals surface area (Å²) in [6, 6.07) is 12.4. The fourth-order valence-corrected chi connectivity index (χ4v) is 4.22. The number of hydrogen-bond acceptors (Lipinski definition) is 6. The van der Waals surface area contributed by atoms with Gasteiger partial charge in [0, 0.05) is 29.6 Å². The molecule has 0 unspecified atom stereocenters. The van der Waals surface area contributed by atoms with Crippen LogP contribution in [0.1, 0.15) is 27.2 Å². The van der Waals surface area contributed by atoms with Crippen molar-refractivity contribution in [1.29, 1.82) is 0 Å². The molecule has 1 aromatic carbocycles. The van der Waals surface area contributed by atoms with Gasteiger partial charge in [-0.25, -0.2) is 13.8 Å². The number of alkyl halides is 5. The molecule has 3 aromatic heterocycles. The van der Waals surface area contributed by atoms with Crippen molar-refractivity contribution in [3.8, 4) is 22.6 Å². The van der Waals surface area contributed by atoms with Gasteiger partial charge in [0.25, 0.3) is 11.8 Å². The first-order valence-corrected chi connectivity index (χ1v) is 12.5. The minimum absolute atomic E-state index is 0.0508. The number of halogens is 5. The number of anilines is 1. The third-order valence-electron chi connectivity index (χ3n) is 6.36. The topological polar surface area (TPSA) is 114 Å². The Morgan fingerprint density at radius 1 is 1.02 bits per heavy atom. The predicted octanol–water partition coefficient (Wildman–Crippen LogP) is 5.43. The molecule has 0 spiro atoms. The minimum Gasteiger partial charge on any atom is -0.459 e. The molecule has 4 aromatic rings. The van der Waals surface area contributed by atoms with E-state index in [0.717, 1.165) is 17.2 Å². The summed E-state index contributed by atoms with van der Waals surface area (Å²) in [5.41, 5.74) is 5.31. The van der Waals surface area contributed by atoms with Crippen LogP contribution in [0.15, 0.2) is 77.5 Å². The molecule has 0 saturated carbocycles. The summed E-state index contributed by atoms with van der Waals surface area (Å²) in [5, 5.41) is 2.59. The molecular formula is C29H22F5N5O3. The van der Waals surface area contributed by atoms with E-state index in [1.54, 1.807) is 12.1 Å². The van der Waals surface area contributed by atoms with Gasteiger partial charge in [0.05, 0.1) is 36.5 Å². The van der Waals surface area contributed by atoms with E-state index in [9.17, 15) is 31.5 Å². The van der Waals surface area contributed by atoms with Crippen LogP contribution in [0.2, 0.25) is 0 Å². The lowest BCUT2D eigenvalue weighted by Crippen LogP contribution is -2.58. The van der Waals surface area contributed by atoms with Gasteiger partial charge in [-0.15, -0.1) is 0 Å². The minimum atomic E-state index is -4.74. The van der Waals surface area contributed by atoms with E-state index in [1.165, 1.54) is 54.7 Å². The summed E-state index contributed by atoms with van der Waals surface area (Å²) in [4.78, 5) is 33.4. The number of rotatable bonds is 7. The molecule has 5 rings (SSSR count). The second-order valence-electron chi connectivity index (χ2n) is 9.54. The van der Waals surface area contributed by atoms with Crippen LogP contribution in [0.4, 0.5) is 27.8 Å². The van der Waals surface area contributed by atoms with Crippen LogP contribution in [-0.2, 0) is 17.5 Å². The second kappa shape index (κ2) is 11.1. The molecule has 0 bridgehead atoms. The Balaban J connectivity index is 1.28. The number of benzene rings is 1. The fourth-order valence-electron chi connectivity index (χ4n) is 4.22. The standard InChI is InChI=1S/C29H22F5N5O3/c30-28(31)15-39(16-28)27(41)19-4-7-23(36-13-19)18-3-6-21(22(11-18)29(32,33)34)24-8-5-20(42-24)14-38-26(40)10-2-17-1-9-25(35)37-12-17/h1-13H,14-16H2,(H2,35,37)(H,38,40). The van der Waals surface area contributed by atoms with E-state index in [4.69, 9.17) is 10.2 Å². The summed E-state index contributed by atoms with van der Waals surface area (Å²) in [7, 11) is 0. The summed E-state index contributed by atoms with van der Waals surface area (Å²) >= 11 is 0. The normalized spacial score (nSPS) is 14.5. The van der Waals surface area contributed by atoms with Crippen molar-refractivity contribution in [2.24, 2.45) is 0 Å². The smallest absolute Gasteiger partial charge is 0.417 e. The molecule has 0 radical (unpaired) electrons. The maximum absolute atomic E-state index is 14.1. The summed E-state index contributed by atoms with van der Waals surface area (Å²) < 4.78 is 73.9. The lowest BCUT2D eigenvalue weighted by Gasteiger charge is -2.38. The Morgan fingerprint density at radius 3 is 2.45 bits per heavy atom. The van der Waals surface area contributed by atoms with E-state index < -0.39 is 42.6 Å². The Hall–Kier alpha value is -5.07. The number of hydrogen-bond donors (Lipinski definition) is 2. The molecular weight excluding hydrogens is 561 g/mol. The molecule has 2 amide bonds. The number of furan rings is 1. The number of amides is 2. The third-order valence-corrected chi connectivity index (χ3v) is 6.36. The van der Waals surface area contributed by atoms with Crippen molar-refractivity contribution >= 4 is 23.7 Å². The molecule has 0 aliphatic carbocycles. The molecule has 3 N–H and O–H groups in total. The zero-order valence-electron chi connectivity index (χ0n) is 21.7. The number of likely N-dealkylation sites (tertiary alicyclic amines) is 1. The first-order valence-electron chi connectivity index (χ1n) is 12.5. The van der Waals surface area contributed by atoms with Crippen molar-refractivity contribution in [3.05, 3.63) is 95.5 Å².